The van der Waals surface area contributed by atoms with E-state index in [1.165, 1.54) is 60.9 Å². The molecular weight excluding hydrogens is 776 g/mol. The summed E-state index contributed by atoms with van der Waals surface area (Å²) in [5, 5.41) is 13.4. The average Bonchev–Trinajstić information content (AvgIpc) is 3.85. The van der Waals surface area contributed by atoms with Gasteiger partial charge in [0.2, 0.25) is 5.91 Å². The van der Waals surface area contributed by atoms with Crippen molar-refractivity contribution in [2.75, 3.05) is 13.7 Å². The molecule has 58 heavy (non-hydrogen) atoms. The number of halogens is 1. The van der Waals surface area contributed by atoms with E-state index < -0.39 is 48.0 Å². The minimum absolute atomic E-state index is 0.167. The first-order valence-corrected chi connectivity index (χ1v) is 22.0. The highest BCUT2D eigenvalue weighted by molar-refractivity contribution is 7.21. The van der Waals surface area contributed by atoms with E-state index in [2.05, 4.69) is 29.4 Å². The first kappa shape index (κ1) is 42.4. The molecule has 0 spiro atoms. The summed E-state index contributed by atoms with van der Waals surface area (Å²) in [5.41, 5.74) is -2.10. The number of amides is 1. The van der Waals surface area contributed by atoms with Gasteiger partial charge in [0, 0.05) is 23.8 Å². The van der Waals surface area contributed by atoms with Crippen LogP contribution in [0.1, 0.15) is 71.6 Å². The van der Waals surface area contributed by atoms with Gasteiger partial charge in [-0.2, -0.15) is 10.2 Å². The Morgan fingerprint density at radius 3 is 2.14 bits per heavy atom. The van der Waals surface area contributed by atoms with Crippen LogP contribution in [0.3, 0.4) is 0 Å². The van der Waals surface area contributed by atoms with Gasteiger partial charge in [-0.15, -0.1) is 4.80 Å². The highest BCUT2D eigenvalue weighted by Gasteiger charge is 2.49. The zero-order valence-corrected chi connectivity index (χ0v) is 36.0. The Labute approximate surface area is 342 Å². The molecule has 3 aromatic heterocycles. The van der Waals surface area contributed by atoms with Crippen molar-refractivity contribution in [3.63, 3.8) is 0 Å². The molecule has 0 aliphatic rings. The van der Waals surface area contributed by atoms with Gasteiger partial charge >= 0.3 is 5.69 Å². The number of aromatic nitrogens is 5. The second kappa shape index (κ2) is 16.9. The molecule has 0 bridgehead atoms. The number of aryl methyl sites for hydroxylation is 1. The van der Waals surface area contributed by atoms with Crippen molar-refractivity contribution in [1.29, 1.82) is 0 Å². The summed E-state index contributed by atoms with van der Waals surface area (Å²) >= 11 is 1.16. The Bertz CT molecular complexity index is 2460. The van der Waals surface area contributed by atoms with Crippen LogP contribution in [-0.4, -0.2) is 62.9 Å². The van der Waals surface area contributed by atoms with Crippen LogP contribution in [0, 0.1) is 12.7 Å². The number of nitrogens with one attached hydrogen (secondary N) is 1. The molecule has 0 aliphatic heterocycles. The zero-order chi connectivity index (χ0) is 42.0. The Morgan fingerprint density at radius 2 is 1.57 bits per heavy atom. The summed E-state index contributed by atoms with van der Waals surface area (Å²) in [6.07, 6.45) is 3.15. The molecule has 2 N–H and O–H groups in total. The Hall–Kier alpha value is -5.22. The summed E-state index contributed by atoms with van der Waals surface area (Å²) in [6, 6.07) is 23.4. The lowest BCUT2D eigenvalue weighted by Gasteiger charge is -2.41. The number of hydrogen-bond donors (Lipinski definition) is 2. The van der Waals surface area contributed by atoms with Gasteiger partial charge in [0.1, 0.15) is 33.0 Å². The lowest BCUT2D eigenvalue weighted by Crippen LogP contribution is -2.65. The van der Waals surface area contributed by atoms with Gasteiger partial charge in [-0.1, -0.05) is 85.8 Å². The Kier molecular flexibility index (Phi) is 12.4. The quantitative estimate of drug-likeness (QED) is 0.0951. The van der Waals surface area contributed by atoms with Crippen LogP contribution >= 0.6 is 11.3 Å². The number of methoxy groups -OCH3 is 1. The van der Waals surface area contributed by atoms with Crippen LogP contribution in [0.5, 0.6) is 5.75 Å². The van der Waals surface area contributed by atoms with Gasteiger partial charge in [0.15, 0.2) is 0 Å². The molecular formula is C43H51FN6O6SSi. The topological polar surface area (TPSA) is 142 Å². The molecule has 6 rings (SSSR count). The number of nitrogens with zero attached hydrogens (tertiary/aromatic N) is 5. The van der Waals surface area contributed by atoms with Crippen molar-refractivity contribution in [3.8, 4) is 10.8 Å². The molecule has 0 unspecified atom stereocenters. The molecule has 306 valence electrons. The molecule has 0 saturated carbocycles. The first-order chi connectivity index (χ1) is 27.5. The maximum atomic E-state index is 15.1. The summed E-state index contributed by atoms with van der Waals surface area (Å²) in [7, 11) is -1.84. The molecule has 6 aromatic rings. The minimum Gasteiger partial charge on any atom is -0.496 e. The van der Waals surface area contributed by atoms with E-state index >= 15 is 4.39 Å². The smallest absolute Gasteiger partial charge is 0.333 e. The molecule has 3 heterocycles. The van der Waals surface area contributed by atoms with Crippen LogP contribution in [0.2, 0.25) is 5.04 Å². The third kappa shape index (κ3) is 7.95. The highest BCUT2D eigenvalue weighted by atomic mass is 32.1. The van der Waals surface area contributed by atoms with Gasteiger partial charge in [-0.05, 0) is 81.1 Å². The Morgan fingerprint density at radius 1 is 0.966 bits per heavy atom. The zero-order valence-electron chi connectivity index (χ0n) is 34.2. The van der Waals surface area contributed by atoms with Crippen molar-refractivity contribution >= 4 is 46.2 Å². The van der Waals surface area contributed by atoms with Crippen LogP contribution in [0.4, 0.5) is 4.39 Å². The van der Waals surface area contributed by atoms with E-state index in [0.717, 1.165) is 26.3 Å². The lowest BCUT2D eigenvalue weighted by molar-refractivity contribution is -0.129. The van der Waals surface area contributed by atoms with E-state index in [0.29, 0.717) is 39.5 Å². The molecule has 0 saturated heterocycles. The number of carbonyl (C=O) groups excluding carboxylic acids is 1. The number of thiophene rings is 1. The normalized spacial score (nSPS) is 12.9. The maximum Gasteiger partial charge on any atom is 0.333 e. The summed E-state index contributed by atoms with van der Waals surface area (Å²) in [4.78, 5) is 57.3. The van der Waals surface area contributed by atoms with Gasteiger partial charge in [-0.25, -0.2) is 13.8 Å². The van der Waals surface area contributed by atoms with Crippen LogP contribution in [0.15, 0.2) is 101 Å². The average molecular weight is 827 g/mol. The standard InChI is InChI=1S/C43H51FN6O6SSi/c1-28(2)47-40(52)43(6,7)49-37(51)36-29(3)38(50-45-23-24-46-50)57-39(36)48(41(49)53)27-35(33-26-30(44)20-21-34(33)55-8)56-25-15-22-42(4,5)58(54,31-16-11-9-12-17-31)32-18-13-10-14-19-32/h9-14,16-21,23-24,26,28,35,54H,15,22,25,27H2,1-8H3,(H,47,52)/t35-/m0/s1. The van der Waals surface area contributed by atoms with E-state index in [1.807, 2.05) is 60.7 Å². The highest BCUT2D eigenvalue weighted by Crippen LogP contribution is 2.40. The number of fused-ring (bicyclic) bond motifs is 1. The molecule has 12 nitrogen and oxygen atoms in total. The third-order valence-electron chi connectivity index (χ3n) is 10.8. The fraction of sp³-hybridized carbons (Fsp3) is 0.372. The summed E-state index contributed by atoms with van der Waals surface area (Å²) in [6.45, 7) is 12.6. The van der Waals surface area contributed by atoms with E-state index in [4.69, 9.17) is 9.47 Å². The second-order valence-corrected chi connectivity index (χ2v) is 20.8. The molecule has 1 amide bonds. The first-order valence-electron chi connectivity index (χ1n) is 19.3. The van der Waals surface area contributed by atoms with Crippen molar-refractivity contribution < 1.29 is 23.5 Å². The third-order valence-corrected chi connectivity index (χ3v) is 16.7. The van der Waals surface area contributed by atoms with Gasteiger partial charge in [-0.3, -0.25) is 14.2 Å². The molecule has 0 fully saturated rings. The number of hydrogen-bond acceptors (Lipinski definition) is 9. The predicted molar refractivity (Wildman–Crippen MR) is 228 cm³/mol. The van der Waals surface area contributed by atoms with Crippen LogP contribution in [0.25, 0.3) is 15.2 Å². The van der Waals surface area contributed by atoms with Gasteiger partial charge < -0.3 is 19.6 Å². The van der Waals surface area contributed by atoms with Crippen molar-refractivity contribution in [3.05, 3.63) is 129 Å². The SMILES string of the molecule is COc1ccc(F)cc1[C@H](Cn1c(=O)n(C(C)(C)C(=O)NC(C)C)c(=O)c2c(C)c(-n3nccn3)sc21)OCCCC(C)(C)[Si](O)(c1ccccc1)c1ccccc1. The number of carbonyl (C=O) groups is 1. The number of rotatable bonds is 16. The predicted octanol–water partition coefficient (Wildman–Crippen LogP) is 5.59. The lowest BCUT2D eigenvalue weighted by atomic mass is 10.0. The van der Waals surface area contributed by atoms with Crippen molar-refractivity contribution in [1.82, 2.24) is 29.4 Å². The van der Waals surface area contributed by atoms with Crippen molar-refractivity contribution in [2.24, 2.45) is 0 Å². The summed E-state index contributed by atoms with van der Waals surface area (Å²) in [5.74, 6) is -0.689. The Balaban J connectivity index is 1.43. The molecule has 15 heteroatoms. The van der Waals surface area contributed by atoms with E-state index in [9.17, 15) is 19.2 Å². The summed E-state index contributed by atoms with van der Waals surface area (Å²) < 4.78 is 29.8. The monoisotopic (exact) mass is 826 g/mol. The molecule has 0 radical (unpaired) electrons. The fourth-order valence-corrected chi connectivity index (χ4v) is 12.6. The second-order valence-electron chi connectivity index (χ2n) is 15.9. The molecule has 3 aromatic carbocycles. The fourth-order valence-electron chi connectivity index (χ4n) is 7.63. The molecule has 0 aliphatic carbocycles. The van der Waals surface area contributed by atoms with E-state index in [-0.39, 0.29) is 24.6 Å². The van der Waals surface area contributed by atoms with Gasteiger partial charge in [0.25, 0.3) is 13.9 Å². The minimum atomic E-state index is -3.31. The van der Waals surface area contributed by atoms with Crippen molar-refractivity contribution in [2.45, 2.75) is 90.6 Å². The van der Waals surface area contributed by atoms with Crippen LogP contribution < -0.4 is 31.7 Å². The maximum absolute atomic E-state index is 15.1. The molecule has 1 atom stereocenters. The van der Waals surface area contributed by atoms with Crippen LogP contribution in [-0.2, 0) is 21.6 Å². The number of benzene rings is 3. The van der Waals surface area contributed by atoms with E-state index in [1.54, 1.807) is 20.8 Å². The van der Waals surface area contributed by atoms with Gasteiger partial charge in [0.05, 0.1) is 31.4 Å². The largest absolute Gasteiger partial charge is 0.496 e. The number of ether oxygens (including phenoxy) is 2.